The van der Waals surface area contributed by atoms with Gasteiger partial charge in [0.1, 0.15) is 0 Å². The van der Waals surface area contributed by atoms with E-state index in [0.29, 0.717) is 31.1 Å². The van der Waals surface area contributed by atoms with E-state index in [-0.39, 0.29) is 11.2 Å². The van der Waals surface area contributed by atoms with Crippen LogP contribution in [-0.2, 0) is 14.8 Å². The molecule has 150 valence electrons. The van der Waals surface area contributed by atoms with Gasteiger partial charge in [0, 0.05) is 31.1 Å². The van der Waals surface area contributed by atoms with Crippen LogP contribution in [0, 0.1) is 13.8 Å². The Labute approximate surface area is 171 Å². The molecule has 1 aliphatic rings. The Morgan fingerprint density at radius 1 is 0.893 bits per heavy atom. The second-order valence-electron chi connectivity index (χ2n) is 7.12. The molecular formula is C21H26N2O3S2. The van der Waals surface area contributed by atoms with Gasteiger partial charge in [-0.2, -0.15) is 4.31 Å². The molecule has 1 fully saturated rings. The zero-order chi connectivity index (χ0) is 20.3. The quantitative estimate of drug-likeness (QED) is 0.699. The van der Waals surface area contributed by atoms with Crippen molar-refractivity contribution in [3.8, 4) is 0 Å². The molecule has 0 N–H and O–H groups in total. The van der Waals surface area contributed by atoms with Crippen molar-refractivity contribution in [3.63, 3.8) is 0 Å². The van der Waals surface area contributed by atoms with Crippen LogP contribution in [0.15, 0.2) is 58.3 Å². The van der Waals surface area contributed by atoms with E-state index in [0.717, 1.165) is 10.5 Å². The second-order valence-corrected chi connectivity index (χ2v) is 10.5. The van der Waals surface area contributed by atoms with E-state index in [1.165, 1.54) is 21.6 Å². The molecule has 0 spiro atoms. The summed E-state index contributed by atoms with van der Waals surface area (Å²) >= 11 is 1.54. The maximum atomic E-state index is 12.8. The zero-order valence-corrected chi connectivity index (χ0v) is 18.1. The lowest BCUT2D eigenvalue weighted by molar-refractivity contribution is -0.131. The number of aryl methyl sites for hydroxylation is 2. The summed E-state index contributed by atoms with van der Waals surface area (Å²) in [6, 6.07) is 15.0. The van der Waals surface area contributed by atoms with E-state index in [1.54, 1.807) is 29.2 Å². The molecule has 1 saturated heterocycles. The molecule has 28 heavy (non-hydrogen) atoms. The van der Waals surface area contributed by atoms with Crippen molar-refractivity contribution < 1.29 is 13.2 Å². The number of hydrogen-bond acceptors (Lipinski definition) is 4. The highest BCUT2D eigenvalue weighted by Crippen LogP contribution is 2.26. The fourth-order valence-electron chi connectivity index (χ4n) is 3.14. The predicted octanol–water partition coefficient (Wildman–Crippen LogP) is 3.32. The Balaban J connectivity index is 1.58. The summed E-state index contributed by atoms with van der Waals surface area (Å²) in [6.45, 7) is 7.35. The molecule has 0 saturated carbocycles. The SMILES string of the molecule is Cc1ccc(S[C@@H](C)C(=O)N2CCN(S(=O)(=O)c3ccc(C)cc3)CC2)cc1. The fraction of sp³-hybridized carbons (Fsp3) is 0.381. The number of nitrogens with zero attached hydrogens (tertiary/aromatic N) is 2. The van der Waals surface area contributed by atoms with Crippen LogP contribution in [0.2, 0.25) is 0 Å². The summed E-state index contributed by atoms with van der Waals surface area (Å²) in [5.74, 6) is 0.0537. The fourth-order valence-corrected chi connectivity index (χ4v) is 5.51. The number of carbonyl (C=O) groups is 1. The van der Waals surface area contributed by atoms with Gasteiger partial charge in [-0.3, -0.25) is 4.79 Å². The summed E-state index contributed by atoms with van der Waals surface area (Å²) in [5.41, 5.74) is 2.21. The third kappa shape index (κ3) is 4.77. The van der Waals surface area contributed by atoms with Crippen LogP contribution in [0.5, 0.6) is 0 Å². The number of rotatable bonds is 5. The molecule has 2 aromatic carbocycles. The molecule has 0 aromatic heterocycles. The largest absolute Gasteiger partial charge is 0.339 e. The van der Waals surface area contributed by atoms with E-state index in [1.807, 2.05) is 45.0 Å². The molecule has 7 heteroatoms. The van der Waals surface area contributed by atoms with Crippen molar-refractivity contribution >= 4 is 27.7 Å². The average Bonchev–Trinajstić information content (AvgIpc) is 2.69. The smallest absolute Gasteiger partial charge is 0.243 e. The van der Waals surface area contributed by atoms with Gasteiger partial charge in [0.2, 0.25) is 15.9 Å². The molecule has 0 unspecified atom stereocenters. The van der Waals surface area contributed by atoms with Crippen LogP contribution in [0.3, 0.4) is 0 Å². The van der Waals surface area contributed by atoms with Crippen LogP contribution in [0.1, 0.15) is 18.1 Å². The van der Waals surface area contributed by atoms with E-state index in [2.05, 4.69) is 0 Å². The standard InChI is InChI=1S/C21H26N2O3S2/c1-16-4-8-19(9-5-16)27-18(3)21(24)22-12-14-23(15-13-22)28(25,26)20-10-6-17(2)7-11-20/h4-11,18H,12-15H2,1-3H3/t18-/m0/s1. The van der Waals surface area contributed by atoms with Crippen molar-refractivity contribution in [1.82, 2.24) is 9.21 Å². The maximum absolute atomic E-state index is 12.8. The van der Waals surface area contributed by atoms with E-state index >= 15 is 0 Å². The van der Waals surface area contributed by atoms with Crippen LogP contribution in [0.25, 0.3) is 0 Å². The number of benzene rings is 2. The number of hydrogen-bond donors (Lipinski definition) is 0. The predicted molar refractivity (Wildman–Crippen MR) is 113 cm³/mol. The van der Waals surface area contributed by atoms with Crippen LogP contribution >= 0.6 is 11.8 Å². The van der Waals surface area contributed by atoms with Crippen molar-refractivity contribution in [2.45, 2.75) is 35.8 Å². The minimum Gasteiger partial charge on any atom is -0.339 e. The Morgan fingerprint density at radius 2 is 1.39 bits per heavy atom. The first kappa shape index (κ1) is 20.9. The molecule has 2 aromatic rings. The van der Waals surface area contributed by atoms with Gasteiger partial charge in [0.25, 0.3) is 0 Å². The van der Waals surface area contributed by atoms with Gasteiger partial charge in [-0.15, -0.1) is 11.8 Å². The molecule has 0 bridgehead atoms. The van der Waals surface area contributed by atoms with Gasteiger partial charge in [0.05, 0.1) is 10.1 Å². The van der Waals surface area contributed by atoms with E-state index < -0.39 is 10.0 Å². The maximum Gasteiger partial charge on any atom is 0.243 e. The first-order valence-electron chi connectivity index (χ1n) is 9.36. The van der Waals surface area contributed by atoms with Crippen LogP contribution in [0.4, 0.5) is 0 Å². The Bertz CT molecular complexity index is 917. The van der Waals surface area contributed by atoms with Gasteiger partial charge < -0.3 is 4.90 Å². The molecular weight excluding hydrogens is 392 g/mol. The van der Waals surface area contributed by atoms with E-state index in [4.69, 9.17) is 0 Å². The normalized spacial score (nSPS) is 16.8. The molecule has 0 aliphatic carbocycles. The lowest BCUT2D eigenvalue weighted by Crippen LogP contribution is -2.52. The highest BCUT2D eigenvalue weighted by molar-refractivity contribution is 8.00. The summed E-state index contributed by atoms with van der Waals surface area (Å²) in [7, 11) is -3.51. The molecule has 1 heterocycles. The van der Waals surface area contributed by atoms with Crippen LogP contribution < -0.4 is 0 Å². The zero-order valence-electron chi connectivity index (χ0n) is 16.5. The number of amides is 1. The topological polar surface area (TPSA) is 57.7 Å². The summed E-state index contributed by atoms with van der Waals surface area (Å²) in [5, 5.41) is -0.206. The highest BCUT2D eigenvalue weighted by Gasteiger charge is 2.31. The van der Waals surface area contributed by atoms with Crippen molar-refractivity contribution in [3.05, 3.63) is 59.7 Å². The van der Waals surface area contributed by atoms with Gasteiger partial charge in [-0.05, 0) is 45.0 Å². The highest BCUT2D eigenvalue weighted by atomic mass is 32.2. The van der Waals surface area contributed by atoms with Crippen molar-refractivity contribution in [2.75, 3.05) is 26.2 Å². The number of carbonyl (C=O) groups excluding carboxylic acids is 1. The minimum absolute atomic E-state index is 0.0537. The van der Waals surface area contributed by atoms with Crippen molar-refractivity contribution in [2.24, 2.45) is 0 Å². The van der Waals surface area contributed by atoms with Gasteiger partial charge >= 0.3 is 0 Å². The summed E-state index contributed by atoms with van der Waals surface area (Å²) in [4.78, 5) is 15.9. The van der Waals surface area contributed by atoms with Gasteiger partial charge in [0.15, 0.2) is 0 Å². The number of piperazine rings is 1. The third-order valence-electron chi connectivity index (χ3n) is 4.89. The molecule has 5 nitrogen and oxygen atoms in total. The lowest BCUT2D eigenvalue weighted by Gasteiger charge is -2.35. The summed E-state index contributed by atoms with van der Waals surface area (Å²) < 4.78 is 27.1. The van der Waals surface area contributed by atoms with E-state index in [9.17, 15) is 13.2 Å². The molecule has 1 atom stereocenters. The average molecular weight is 419 g/mol. The summed E-state index contributed by atoms with van der Waals surface area (Å²) in [6.07, 6.45) is 0. The molecule has 0 radical (unpaired) electrons. The number of sulfonamides is 1. The van der Waals surface area contributed by atoms with Gasteiger partial charge in [-0.25, -0.2) is 8.42 Å². The lowest BCUT2D eigenvalue weighted by atomic mass is 10.2. The third-order valence-corrected chi connectivity index (χ3v) is 7.90. The first-order valence-corrected chi connectivity index (χ1v) is 11.7. The van der Waals surface area contributed by atoms with Crippen molar-refractivity contribution in [1.29, 1.82) is 0 Å². The molecule has 1 aliphatic heterocycles. The molecule has 3 rings (SSSR count). The first-order chi connectivity index (χ1) is 13.3. The van der Waals surface area contributed by atoms with Gasteiger partial charge in [-0.1, -0.05) is 35.4 Å². The Kier molecular flexibility index (Phi) is 6.47. The monoisotopic (exact) mass is 418 g/mol. The molecule has 1 amide bonds. The number of thioether (sulfide) groups is 1. The van der Waals surface area contributed by atoms with Crippen LogP contribution in [-0.4, -0.2) is 55.0 Å². The minimum atomic E-state index is -3.51. The second kappa shape index (κ2) is 8.68. The Hall–Kier alpha value is -1.83. The Morgan fingerprint density at radius 3 is 1.93 bits per heavy atom.